The fraction of sp³-hybridized carbons (Fsp3) is 0.750. The van der Waals surface area contributed by atoms with Crippen molar-refractivity contribution in [3.05, 3.63) is 16.5 Å². The van der Waals surface area contributed by atoms with Crippen molar-refractivity contribution in [1.82, 2.24) is 9.97 Å². The Labute approximate surface area is 131 Å². The van der Waals surface area contributed by atoms with E-state index in [0.29, 0.717) is 0 Å². The van der Waals surface area contributed by atoms with Gasteiger partial charge < -0.3 is 5.32 Å². The third kappa shape index (κ3) is 4.44. The van der Waals surface area contributed by atoms with Gasteiger partial charge in [0.1, 0.15) is 16.2 Å². The summed E-state index contributed by atoms with van der Waals surface area (Å²) < 4.78 is 0.859. The van der Waals surface area contributed by atoms with E-state index in [-0.39, 0.29) is 5.41 Å². The summed E-state index contributed by atoms with van der Waals surface area (Å²) in [6, 6.07) is 1.97. The highest BCUT2D eigenvalue weighted by Crippen LogP contribution is 2.29. The summed E-state index contributed by atoms with van der Waals surface area (Å²) in [7, 11) is 0. The van der Waals surface area contributed by atoms with Crippen molar-refractivity contribution in [1.29, 1.82) is 0 Å². The zero-order valence-electron chi connectivity index (χ0n) is 13.0. The predicted molar refractivity (Wildman–Crippen MR) is 88.0 cm³/mol. The summed E-state index contributed by atoms with van der Waals surface area (Å²) in [6.07, 6.45) is 5.42. The normalized spacial score (nSPS) is 23.6. The summed E-state index contributed by atoms with van der Waals surface area (Å²) >= 11 is 3.49. The van der Waals surface area contributed by atoms with Gasteiger partial charge in [-0.15, -0.1) is 0 Å². The molecule has 112 valence electrons. The molecule has 0 amide bonds. The topological polar surface area (TPSA) is 37.8 Å². The van der Waals surface area contributed by atoms with Gasteiger partial charge in [0.15, 0.2) is 0 Å². The molecule has 0 bridgehead atoms. The van der Waals surface area contributed by atoms with Gasteiger partial charge in [-0.2, -0.15) is 0 Å². The number of hydrogen-bond acceptors (Lipinski definition) is 3. The van der Waals surface area contributed by atoms with Gasteiger partial charge in [0, 0.05) is 18.0 Å². The van der Waals surface area contributed by atoms with E-state index in [0.717, 1.165) is 34.6 Å². The molecule has 0 aliphatic heterocycles. The van der Waals surface area contributed by atoms with E-state index < -0.39 is 0 Å². The fourth-order valence-corrected chi connectivity index (χ4v) is 3.01. The van der Waals surface area contributed by atoms with Crippen LogP contribution in [-0.4, -0.2) is 16.5 Å². The third-order valence-corrected chi connectivity index (χ3v) is 4.48. The standard InChI is InChI=1S/C16H26BrN3/c1-11-5-7-12(8-6-11)10-18-14-9-13(17)19-15(20-14)16(2,3)4/h9,11-12H,5-8,10H2,1-4H3,(H,18,19,20). The molecule has 20 heavy (non-hydrogen) atoms. The van der Waals surface area contributed by atoms with Crippen LogP contribution in [0.1, 0.15) is 59.2 Å². The lowest BCUT2D eigenvalue weighted by Gasteiger charge is -2.26. The molecule has 1 aliphatic carbocycles. The van der Waals surface area contributed by atoms with E-state index in [1.807, 2.05) is 6.07 Å². The summed E-state index contributed by atoms with van der Waals surface area (Å²) in [5.74, 6) is 3.52. The molecule has 0 spiro atoms. The number of rotatable bonds is 3. The van der Waals surface area contributed by atoms with Crippen molar-refractivity contribution < 1.29 is 0 Å². The van der Waals surface area contributed by atoms with Gasteiger partial charge in [-0.05, 0) is 40.6 Å². The predicted octanol–water partition coefficient (Wildman–Crippen LogP) is 4.77. The number of nitrogens with one attached hydrogen (secondary N) is 1. The highest BCUT2D eigenvalue weighted by molar-refractivity contribution is 9.10. The van der Waals surface area contributed by atoms with Gasteiger partial charge in [-0.1, -0.05) is 40.5 Å². The second-order valence-corrected chi connectivity index (χ2v) is 7.97. The van der Waals surface area contributed by atoms with Crippen LogP contribution in [0, 0.1) is 11.8 Å². The molecule has 4 heteroatoms. The van der Waals surface area contributed by atoms with Crippen molar-refractivity contribution in [2.24, 2.45) is 11.8 Å². The number of hydrogen-bond donors (Lipinski definition) is 1. The Bertz CT molecular complexity index is 446. The molecule has 1 aromatic rings. The average molecular weight is 340 g/mol. The SMILES string of the molecule is CC1CCC(CNc2cc(Br)nc(C(C)(C)C)n2)CC1. The molecule has 1 heterocycles. The first kappa shape index (κ1) is 15.7. The molecule has 3 nitrogen and oxygen atoms in total. The molecule has 0 aromatic carbocycles. The smallest absolute Gasteiger partial charge is 0.137 e. The summed E-state index contributed by atoms with van der Waals surface area (Å²) in [4.78, 5) is 9.13. The fourth-order valence-electron chi connectivity index (χ4n) is 2.63. The van der Waals surface area contributed by atoms with E-state index in [9.17, 15) is 0 Å². The Morgan fingerprint density at radius 2 is 1.85 bits per heavy atom. The van der Waals surface area contributed by atoms with E-state index in [1.165, 1.54) is 25.7 Å². The minimum absolute atomic E-state index is 0.0273. The largest absolute Gasteiger partial charge is 0.370 e. The van der Waals surface area contributed by atoms with Crippen molar-refractivity contribution in [3.63, 3.8) is 0 Å². The molecule has 2 rings (SSSR count). The van der Waals surface area contributed by atoms with Gasteiger partial charge in [-0.25, -0.2) is 9.97 Å². The average Bonchev–Trinajstić information content (AvgIpc) is 2.36. The van der Waals surface area contributed by atoms with E-state index in [2.05, 4.69) is 58.9 Å². The Hall–Kier alpha value is -0.640. The molecule has 0 atom stereocenters. The zero-order chi connectivity index (χ0) is 14.8. The van der Waals surface area contributed by atoms with Crippen LogP contribution in [0.5, 0.6) is 0 Å². The molecular formula is C16H26BrN3. The van der Waals surface area contributed by atoms with Crippen LogP contribution in [0.3, 0.4) is 0 Å². The highest BCUT2D eigenvalue weighted by Gasteiger charge is 2.20. The van der Waals surface area contributed by atoms with Crippen LogP contribution in [0.2, 0.25) is 0 Å². The van der Waals surface area contributed by atoms with Gasteiger partial charge >= 0.3 is 0 Å². The van der Waals surface area contributed by atoms with Gasteiger partial charge in [-0.3, -0.25) is 0 Å². The lowest BCUT2D eigenvalue weighted by atomic mass is 9.83. The maximum absolute atomic E-state index is 4.65. The maximum atomic E-state index is 4.65. The van der Waals surface area contributed by atoms with Crippen molar-refractivity contribution in [3.8, 4) is 0 Å². The molecule has 1 aliphatic rings. The number of anilines is 1. The van der Waals surface area contributed by atoms with Crippen molar-refractivity contribution in [2.75, 3.05) is 11.9 Å². The lowest BCUT2D eigenvalue weighted by molar-refractivity contribution is 0.300. The molecule has 1 saturated carbocycles. The van der Waals surface area contributed by atoms with Crippen LogP contribution >= 0.6 is 15.9 Å². The van der Waals surface area contributed by atoms with Gasteiger partial charge in [0.05, 0.1) is 0 Å². The molecule has 0 saturated heterocycles. The Morgan fingerprint density at radius 1 is 1.20 bits per heavy atom. The molecule has 0 unspecified atom stereocenters. The van der Waals surface area contributed by atoms with E-state index in [4.69, 9.17) is 0 Å². The minimum atomic E-state index is -0.0273. The summed E-state index contributed by atoms with van der Waals surface area (Å²) in [6.45, 7) is 9.81. The zero-order valence-corrected chi connectivity index (χ0v) is 14.6. The molecule has 1 fully saturated rings. The van der Waals surface area contributed by atoms with Gasteiger partial charge in [0.25, 0.3) is 0 Å². The van der Waals surface area contributed by atoms with Crippen LogP contribution in [0.15, 0.2) is 10.7 Å². The maximum Gasteiger partial charge on any atom is 0.137 e. The highest BCUT2D eigenvalue weighted by atomic mass is 79.9. The van der Waals surface area contributed by atoms with Crippen LogP contribution in [0.4, 0.5) is 5.82 Å². The van der Waals surface area contributed by atoms with Crippen LogP contribution < -0.4 is 5.32 Å². The molecule has 1 N–H and O–H groups in total. The molecule has 0 radical (unpaired) electrons. The molecular weight excluding hydrogens is 314 g/mol. The summed E-state index contributed by atoms with van der Waals surface area (Å²) in [5.41, 5.74) is -0.0273. The molecule has 1 aromatic heterocycles. The Balaban J connectivity index is 1.97. The Kier molecular flexibility index (Phi) is 5.05. The third-order valence-electron chi connectivity index (χ3n) is 4.07. The number of halogens is 1. The quantitative estimate of drug-likeness (QED) is 0.805. The first-order valence-corrected chi connectivity index (χ1v) is 8.43. The van der Waals surface area contributed by atoms with E-state index in [1.54, 1.807) is 0 Å². The minimum Gasteiger partial charge on any atom is -0.370 e. The monoisotopic (exact) mass is 339 g/mol. The van der Waals surface area contributed by atoms with Crippen molar-refractivity contribution >= 4 is 21.7 Å². The number of nitrogens with zero attached hydrogens (tertiary/aromatic N) is 2. The first-order chi connectivity index (χ1) is 9.34. The first-order valence-electron chi connectivity index (χ1n) is 7.63. The second-order valence-electron chi connectivity index (χ2n) is 7.16. The number of aromatic nitrogens is 2. The van der Waals surface area contributed by atoms with Crippen molar-refractivity contribution in [2.45, 2.75) is 58.8 Å². The second kappa shape index (κ2) is 6.42. The Morgan fingerprint density at radius 3 is 2.45 bits per heavy atom. The van der Waals surface area contributed by atoms with Crippen LogP contribution in [0.25, 0.3) is 0 Å². The van der Waals surface area contributed by atoms with E-state index >= 15 is 0 Å². The lowest BCUT2D eigenvalue weighted by Crippen LogP contribution is -2.22. The van der Waals surface area contributed by atoms with Gasteiger partial charge in [0.2, 0.25) is 0 Å². The summed E-state index contributed by atoms with van der Waals surface area (Å²) in [5, 5.41) is 3.50. The van der Waals surface area contributed by atoms with Crippen LogP contribution in [-0.2, 0) is 5.41 Å².